The summed E-state index contributed by atoms with van der Waals surface area (Å²) >= 11 is 1.70. The van der Waals surface area contributed by atoms with E-state index in [0.29, 0.717) is 0 Å². The second-order valence-electron chi connectivity index (χ2n) is 6.36. The maximum atomic E-state index is 5.77. The molecule has 0 aliphatic heterocycles. The highest BCUT2D eigenvalue weighted by Crippen LogP contribution is 2.27. The molecule has 2 rings (SSSR count). The van der Waals surface area contributed by atoms with Crippen molar-refractivity contribution < 1.29 is 0 Å². The predicted molar refractivity (Wildman–Crippen MR) is 87.2 cm³/mol. The lowest BCUT2D eigenvalue weighted by molar-refractivity contribution is 0.538. The number of rotatable bonds is 5. The lowest BCUT2D eigenvalue weighted by atomic mass is 9.93. The molecule has 0 spiro atoms. The molecule has 21 heavy (non-hydrogen) atoms. The van der Waals surface area contributed by atoms with E-state index >= 15 is 0 Å². The quantitative estimate of drug-likeness (QED) is 0.658. The van der Waals surface area contributed by atoms with Crippen LogP contribution in [-0.2, 0) is 25.3 Å². The Morgan fingerprint density at radius 2 is 2.14 bits per heavy atom. The third-order valence-electron chi connectivity index (χ3n) is 3.55. The summed E-state index contributed by atoms with van der Waals surface area (Å²) < 4.78 is 1.85. The van der Waals surface area contributed by atoms with Gasteiger partial charge in [-0.1, -0.05) is 27.7 Å². The minimum Gasteiger partial charge on any atom is -0.275 e. The Morgan fingerprint density at radius 3 is 2.67 bits per heavy atom. The number of aromatic nitrogens is 3. The third-order valence-corrected chi connectivity index (χ3v) is 4.42. The summed E-state index contributed by atoms with van der Waals surface area (Å²) in [6.07, 6.45) is 3.73. The van der Waals surface area contributed by atoms with Crippen LogP contribution in [0.15, 0.2) is 11.6 Å². The minimum absolute atomic E-state index is 0.0487. The van der Waals surface area contributed by atoms with E-state index < -0.39 is 0 Å². The highest BCUT2D eigenvalue weighted by atomic mass is 32.1. The molecule has 3 N–H and O–H groups in total. The first-order valence-electron chi connectivity index (χ1n) is 7.28. The molecule has 0 radical (unpaired) electrons. The number of hydrogen-bond donors (Lipinski definition) is 2. The normalized spacial score (nSPS) is 13.6. The number of hydrogen-bond acceptors (Lipinski definition) is 5. The molecule has 0 aromatic carbocycles. The summed E-state index contributed by atoms with van der Waals surface area (Å²) in [4.78, 5) is 4.75. The number of nitrogens with zero attached hydrogens (tertiary/aromatic N) is 3. The van der Waals surface area contributed by atoms with Crippen LogP contribution in [0.3, 0.4) is 0 Å². The fourth-order valence-electron chi connectivity index (χ4n) is 2.30. The van der Waals surface area contributed by atoms with Crippen LogP contribution in [0.25, 0.3) is 0 Å². The molecule has 0 amide bonds. The average molecular weight is 307 g/mol. The second-order valence-corrected chi connectivity index (χ2v) is 7.30. The van der Waals surface area contributed by atoms with Crippen molar-refractivity contribution in [2.75, 3.05) is 0 Å². The second kappa shape index (κ2) is 6.25. The first kappa shape index (κ1) is 16.1. The van der Waals surface area contributed by atoms with Gasteiger partial charge in [-0.05, 0) is 6.42 Å². The SMILES string of the molecule is CCc1nn(C)cc1C(Cc1nc(C(C)(C)C)cs1)NN. The van der Waals surface area contributed by atoms with E-state index in [1.807, 2.05) is 17.9 Å². The number of hydrazine groups is 1. The maximum absolute atomic E-state index is 5.77. The Kier molecular flexibility index (Phi) is 4.81. The lowest BCUT2D eigenvalue weighted by Crippen LogP contribution is -2.30. The van der Waals surface area contributed by atoms with E-state index in [0.717, 1.165) is 34.8 Å². The van der Waals surface area contributed by atoms with Crippen molar-refractivity contribution in [3.63, 3.8) is 0 Å². The zero-order chi connectivity index (χ0) is 15.6. The fourth-order valence-corrected chi connectivity index (χ4v) is 3.37. The number of nitrogens with two attached hydrogens (primary N) is 1. The van der Waals surface area contributed by atoms with Gasteiger partial charge in [0.25, 0.3) is 0 Å². The molecule has 0 saturated heterocycles. The topological polar surface area (TPSA) is 68.8 Å². The van der Waals surface area contributed by atoms with Crippen LogP contribution in [0.5, 0.6) is 0 Å². The monoisotopic (exact) mass is 307 g/mol. The highest BCUT2D eigenvalue weighted by molar-refractivity contribution is 7.09. The lowest BCUT2D eigenvalue weighted by Gasteiger charge is -2.16. The van der Waals surface area contributed by atoms with Crippen LogP contribution in [0.1, 0.15) is 55.7 Å². The van der Waals surface area contributed by atoms with Gasteiger partial charge in [-0.2, -0.15) is 5.10 Å². The highest BCUT2D eigenvalue weighted by Gasteiger charge is 2.21. The first-order chi connectivity index (χ1) is 9.85. The molecule has 0 fully saturated rings. The molecular formula is C15H25N5S. The Labute approximate surface area is 130 Å². The van der Waals surface area contributed by atoms with Crippen molar-refractivity contribution >= 4 is 11.3 Å². The van der Waals surface area contributed by atoms with Crippen LogP contribution >= 0.6 is 11.3 Å². The van der Waals surface area contributed by atoms with Crippen LogP contribution in [0.2, 0.25) is 0 Å². The Hall–Kier alpha value is -1.24. The molecule has 2 heterocycles. The van der Waals surface area contributed by atoms with Crippen LogP contribution in [0, 0.1) is 0 Å². The predicted octanol–water partition coefficient (Wildman–Crippen LogP) is 2.48. The van der Waals surface area contributed by atoms with Crippen molar-refractivity contribution in [2.45, 2.75) is 52.0 Å². The molecule has 2 aromatic heterocycles. The Bertz CT molecular complexity index is 593. The van der Waals surface area contributed by atoms with Gasteiger partial charge in [-0.3, -0.25) is 16.0 Å². The van der Waals surface area contributed by atoms with Crippen LogP contribution in [-0.4, -0.2) is 14.8 Å². The van der Waals surface area contributed by atoms with Gasteiger partial charge >= 0.3 is 0 Å². The van der Waals surface area contributed by atoms with Gasteiger partial charge in [0, 0.05) is 36.0 Å². The molecule has 0 bridgehead atoms. The van der Waals surface area contributed by atoms with E-state index in [9.17, 15) is 0 Å². The van der Waals surface area contributed by atoms with Crippen molar-refractivity contribution in [3.8, 4) is 0 Å². The fraction of sp³-hybridized carbons (Fsp3) is 0.600. The summed E-state index contributed by atoms with van der Waals surface area (Å²) in [5.74, 6) is 5.77. The summed E-state index contributed by atoms with van der Waals surface area (Å²) in [5.41, 5.74) is 6.39. The number of aryl methyl sites for hydroxylation is 2. The van der Waals surface area contributed by atoms with Gasteiger partial charge in [-0.25, -0.2) is 4.98 Å². The average Bonchev–Trinajstić information content (AvgIpc) is 3.01. The van der Waals surface area contributed by atoms with Crippen LogP contribution < -0.4 is 11.3 Å². The summed E-state index contributed by atoms with van der Waals surface area (Å²) in [6.45, 7) is 8.66. The largest absolute Gasteiger partial charge is 0.275 e. The first-order valence-corrected chi connectivity index (χ1v) is 8.16. The maximum Gasteiger partial charge on any atom is 0.0948 e. The molecular weight excluding hydrogens is 282 g/mol. The molecule has 2 aromatic rings. The third kappa shape index (κ3) is 3.70. The molecule has 0 aliphatic rings. The molecule has 5 nitrogen and oxygen atoms in total. The summed E-state index contributed by atoms with van der Waals surface area (Å²) in [7, 11) is 1.94. The minimum atomic E-state index is 0.0487. The van der Waals surface area contributed by atoms with E-state index in [1.54, 1.807) is 11.3 Å². The van der Waals surface area contributed by atoms with Gasteiger partial charge in [0.05, 0.1) is 22.4 Å². The standard InChI is InChI=1S/C15H25N5S/c1-6-11-10(8-20(5)19-11)12(18-16)7-14-17-13(9-21-14)15(2,3)4/h8-9,12,18H,6-7,16H2,1-5H3. The van der Waals surface area contributed by atoms with Gasteiger partial charge in [0.2, 0.25) is 0 Å². The van der Waals surface area contributed by atoms with E-state index in [4.69, 9.17) is 10.8 Å². The van der Waals surface area contributed by atoms with E-state index in [-0.39, 0.29) is 11.5 Å². The summed E-state index contributed by atoms with van der Waals surface area (Å²) in [6, 6.07) is 0.0487. The van der Waals surface area contributed by atoms with Crippen molar-refractivity contribution in [2.24, 2.45) is 12.9 Å². The van der Waals surface area contributed by atoms with Gasteiger partial charge < -0.3 is 0 Å². The smallest absolute Gasteiger partial charge is 0.0948 e. The van der Waals surface area contributed by atoms with E-state index in [2.05, 4.69) is 43.6 Å². The molecule has 0 aliphatic carbocycles. The summed E-state index contributed by atoms with van der Waals surface area (Å²) in [5, 5.41) is 7.74. The zero-order valence-corrected chi connectivity index (χ0v) is 14.3. The van der Waals surface area contributed by atoms with Gasteiger partial charge in [0.15, 0.2) is 0 Å². The molecule has 6 heteroatoms. The molecule has 1 atom stereocenters. The Balaban J connectivity index is 2.21. The van der Waals surface area contributed by atoms with Crippen molar-refractivity contribution in [1.82, 2.24) is 20.2 Å². The number of thiazole rings is 1. The van der Waals surface area contributed by atoms with Gasteiger partial charge in [0.1, 0.15) is 0 Å². The Morgan fingerprint density at radius 1 is 1.43 bits per heavy atom. The van der Waals surface area contributed by atoms with Crippen LogP contribution in [0.4, 0.5) is 0 Å². The van der Waals surface area contributed by atoms with Crippen molar-refractivity contribution in [3.05, 3.63) is 33.5 Å². The molecule has 116 valence electrons. The van der Waals surface area contributed by atoms with Crippen molar-refractivity contribution in [1.29, 1.82) is 0 Å². The molecule has 0 saturated carbocycles. The van der Waals surface area contributed by atoms with Gasteiger partial charge in [-0.15, -0.1) is 11.3 Å². The van der Waals surface area contributed by atoms with E-state index in [1.165, 1.54) is 0 Å². The number of nitrogens with one attached hydrogen (secondary N) is 1. The molecule has 1 unspecified atom stereocenters. The zero-order valence-electron chi connectivity index (χ0n) is 13.5.